The molecule has 2 aromatic carbocycles. The lowest BCUT2D eigenvalue weighted by Gasteiger charge is -2.10. The van der Waals surface area contributed by atoms with Crippen molar-refractivity contribution in [3.8, 4) is 17.0 Å². The minimum absolute atomic E-state index is 0.111. The normalized spacial score (nSPS) is 10.6. The minimum Gasteiger partial charge on any atom is -0.497 e. The van der Waals surface area contributed by atoms with Gasteiger partial charge in [-0.3, -0.25) is 9.59 Å². The topological polar surface area (TPSA) is 73.2 Å². The quantitative estimate of drug-likeness (QED) is 0.672. The van der Waals surface area contributed by atoms with Crippen LogP contribution in [0.5, 0.6) is 5.75 Å². The fourth-order valence-corrected chi connectivity index (χ4v) is 3.14. The van der Waals surface area contributed by atoms with E-state index in [9.17, 15) is 9.59 Å². The van der Waals surface area contributed by atoms with Gasteiger partial charge in [0.1, 0.15) is 12.3 Å². The van der Waals surface area contributed by atoms with E-state index in [-0.39, 0.29) is 18.0 Å². The lowest BCUT2D eigenvalue weighted by Crippen LogP contribution is -2.34. The van der Waals surface area contributed by atoms with Gasteiger partial charge < -0.3 is 10.1 Å². The summed E-state index contributed by atoms with van der Waals surface area (Å²) in [5.74, 6) is 0.554. The van der Waals surface area contributed by atoms with Crippen LogP contribution in [0, 0.1) is 13.8 Å². The number of ether oxygens (including phenoxy) is 1. The van der Waals surface area contributed by atoms with Gasteiger partial charge in [-0.25, -0.2) is 4.68 Å². The zero-order valence-electron chi connectivity index (χ0n) is 16.9. The summed E-state index contributed by atoms with van der Waals surface area (Å²) in [5, 5.41) is 7.23. The van der Waals surface area contributed by atoms with Crippen LogP contribution >= 0.6 is 0 Å². The van der Waals surface area contributed by atoms with E-state index in [0.29, 0.717) is 18.7 Å². The van der Waals surface area contributed by atoms with Crippen LogP contribution < -0.4 is 15.6 Å². The van der Waals surface area contributed by atoms with Crippen LogP contribution in [-0.2, 0) is 17.8 Å². The van der Waals surface area contributed by atoms with Crippen LogP contribution in [0.3, 0.4) is 0 Å². The highest BCUT2D eigenvalue weighted by Crippen LogP contribution is 2.21. The molecular weight excluding hydrogens is 366 g/mol. The van der Waals surface area contributed by atoms with E-state index in [2.05, 4.69) is 16.5 Å². The van der Waals surface area contributed by atoms with Gasteiger partial charge in [-0.1, -0.05) is 35.9 Å². The molecule has 1 amide bonds. The number of aromatic nitrogens is 2. The van der Waals surface area contributed by atoms with Gasteiger partial charge in [0.05, 0.1) is 12.8 Å². The molecule has 1 aromatic heterocycles. The Morgan fingerprint density at radius 1 is 1.07 bits per heavy atom. The molecule has 29 heavy (non-hydrogen) atoms. The first-order valence-electron chi connectivity index (χ1n) is 9.51. The van der Waals surface area contributed by atoms with Gasteiger partial charge in [0.2, 0.25) is 5.91 Å². The van der Waals surface area contributed by atoms with Gasteiger partial charge in [0, 0.05) is 18.2 Å². The molecule has 6 nitrogen and oxygen atoms in total. The summed E-state index contributed by atoms with van der Waals surface area (Å²) in [5.41, 5.74) is 4.65. The van der Waals surface area contributed by atoms with Crippen molar-refractivity contribution in [2.45, 2.75) is 26.8 Å². The first-order valence-corrected chi connectivity index (χ1v) is 9.51. The summed E-state index contributed by atoms with van der Waals surface area (Å²) in [4.78, 5) is 24.4. The molecule has 0 aliphatic carbocycles. The Morgan fingerprint density at radius 3 is 2.52 bits per heavy atom. The van der Waals surface area contributed by atoms with Gasteiger partial charge in [-0.2, -0.15) is 5.10 Å². The molecule has 0 bridgehead atoms. The van der Waals surface area contributed by atoms with Crippen LogP contribution in [0.2, 0.25) is 0 Å². The summed E-state index contributed by atoms with van der Waals surface area (Å²) in [6, 6.07) is 16.9. The van der Waals surface area contributed by atoms with Crippen molar-refractivity contribution >= 4 is 5.91 Å². The Kier molecular flexibility index (Phi) is 6.44. The zero-order valence-corrected chi connectivity index (χ0v) is 16.9. The van der Waals surface area contributed by atoms with E-state index in [1.54, 1.807) is 13.2 Å². The number of nitrogens with zero attached hydrogens (tertiary/aromatic N) is 2. The first kappa shape index (κ1) is 20.3. The molecule has 1 heterocycles. The Hall–Kier alpha value is -3.41. The fraction of sp³-hybridized carbons (Fsp3) is 0.261. The largest absolute Gasteiger partial charge is 0.497 e. The Labute approximate surface area is 170 Å². The summed E-state index contributed by atoms with van der Waals surface area (Å²) >= 11 is 0. The van der Waals surface area contributed by atoms with Crippen molar-refractivity contribution in [2.75, 3.05) is 13.7 Å². The second-order valence-electron chi connectivity index (χ2n) is 6.98. The molecule has 0 atom stereocenters. The molecule has 0 radical (unpaired) electrons. The molecule has 3 aromatic rings. The van der Waals surface area contributed by atoms with Crippen LogP contribution in [0.4, 0.5) is 0 Å². The van der Waals surface area contributed by atoms with E-state index >= 15 is 0 Å². The third-order valence-corrected chi connectivity index (χ3v) is 4.71. The number of nitrogens with one attached hydrogen (secondary N) is 1. The van der Waals surface area contributed by atoms with Crippen molar-refractivity contribution in [3.63, 3.8) is 0 Å². The van der Waals surface area contributed by atoms with E-state index in [4.69, 9.17) is 4.74 Å². The molecule has 0 spiro atoms. The maximum absolute atomic E-state index is 12.3. The SMILES string of the molecule is COc1ccc(CCNC(=O)Cn2nc(-c3ccc(C)cc3C)ccc2=O)cc1. The molecule has 0 aliphatic heterocycles. The predicted molar refractivity (Wildman–Crippen MR) is 113 cm³/mol. The summed E-state index contributed by atoms with van der Waals surface area (Å²) in [7, 11) is 1.63. The second-order valence-corrected chi connectivity index (χ2v) is 6.98. The Morgan fingerprint density at radius 2 is 1.83 bits per heavy atom. The molecule has 0 unspecified atom stereocenters. The molecule has 0 saturated heterocycles. The maximum atomic E-state index is 12.3. The van der Waals surface area contributed by atoms with Crippen molar-refractivity contribution in [2.24, 2.45) is 0 Å². The highest BCUT2D eigenvalue weighted by atomic mass is 16.5. The number of amides is 1. The molecule has 3 rings (SSSR count). The third-order valence-electron chi connectivity index (χ3n) is 4.71. The van der Waals surface area contributed by atoms with Crippen molar-refractivity contribution in [1.82, 2.24) is 15.1 Å². The molecule has 150 valence electrons. The fourth-order valence-electron chi connectivity index (χ4n) is 3.14. The van der Waals surface area contributed by atoms with Gasteiger partial charge >= 0.3 is 0 Å². The van der Waals surface area contributed by atoms with Crippen molar-refractivity contribution in [3.05, 3.63) is 81.6 Å². The van der Waals surface area contributed by atoms with E-state index < -0.39 is 0 Å². The van der Waals surface area contributed by atoms with Crippen LogP contribution in [-0.4, -0.2) is 29.3 Å². The highest BCUT2D eigenvalue weighted by Gasteiger charge is 2.09. The molecule has 0 aliphatic rings. The summed E-state index contributed by atoms with van der Waals surface area (Å²) in [6.07, 6.45) is 0.695. The molecule has 1 N–H and O–H groups in total. The molecular formula is C23H25N3O3. The second kappa shape index (κ2) is 9.19. The number of carbonyl (C=O) groups is 1. The number of methoxy groups -OCH3 is 1. The number of rotatable bonds is 7. The van der Waals surface area contributed by atoms with Crippen LogP contribution in [0.25, 0.3) is 11.3 Å². The third kappa shape index (κ3) is 5.31. The van der Waals surface area contributed by atoms with E-state index in [1.165, 1.54) is 10.7 Å². The van der Waals surface area contributed by atoms with Gasteiger partial charge in [-0.15, -0.1) is 0 Å². The van der Waals surface area contributed by atoms with Gasteiger partial charge in [0.15, 0.2) is 0 Å². The average Bonchev–Trinajstić information content (AvgIpc) is 2.70. The number of hydrogen-bond donors (Lipinski definition) is 1. The first-order chi connectivity index (χ1) is 14.0. The lowest BCUT2D eigenvalue weighted by molar-refractivity contribution is -0.121. The lowest BCUT2D eigenvalue weighted by atomic mass is 10.0. The van der Waals surface area contributed by atoms with E-state index in [0.717, 1.165) is 28.0 Å². The van der Waals surface area contributed by atoms with Crippen molar-refractivity contribution in [1.29, 1.82) is 0 Å². The van der Waals surface area contributed by atoms with E-state index in [1.807, 2.05) is 50.2 Å². The van der Waals surface area contributed by atoms with Crippen molar-refractivity contribution < 1.29 is 9.53 Å². The number of benzene rings is 2. The van der Waals surface area contributed by atoms with Gasteiger partial charge in [-0.05, 0) is 49.6 Å². The maximum Gasteiger partial charge on any atom is 0.267 e. The van der Waals surface area contributed by atoms with Crippen LogP contribution in [0.1, 0.15) is 16.7 Å². The average molecular weight is 391 g/mol. The number of aryl methyl sites for hydroxylation is 2. The van der Waals surface area contributed by atoms with Crippen LogP contribution in [0.15, 0.2) is 59.4 Å². The Bertz CT molecular complexity index is 1060. The molecule has 6 heteroatoms. The molecule has 0 fully saturated rings. The predicted octanol–water partition coefficient (Wildman–Crippen LogP) is 2.89. The zero-order chi connectivity index (χ0) is 20.8. The number of hydrogen-bond acceptors (Lipinski definition) is 4. The Balaban J connectivity index is 1.63. The van der Waals surface area contributed by atoms with Gasteiger partial charge in [0.25, 0.3) is 5.56 Å². The summed E-state index contributed by atoms with van der Waals surface area (Å²) < 4.78 is 6.34. The monoisotopic (exact) mass is 391 g/mol. The smallest absolute Gasteiger partial charge is 0.267 e. The highest BCUT2D eigenvalue weighted by molar-refractivity contribution is 5.75. The molecule has 0 saturated carbocycles. The standard InChI is InChI=1S/C23H25N3O3/c1-16-4-9-20(17(2)14-16)21-10-11-23(28)26(25-21)15-22(27)24-13-12-18-5-7-19(29-3)8-6-18/h4-11,14H,12-13,15H2,1-3H3,(H,24,27). The number of carbonyl (C=O) groups excluding carboxylic acids is 1. The summed E-state index contributed by atoms with van der Waals surface area (Å²) in [6.45, 7) is 4.41. The minimum atomic E-state index is -0.302.